The van der Waals surface area contributed by atoms with E-state index >= 15 is 0 Å². The SMILES string of the molecule is COc1ncnc(NC2CCC(C)C2)c1C. The zero-order valence-corrected chi connectivity index (χ0v) is 10.2. The van der Waals surface area contributed by atoms with Crippen LogP contribution in [0.3, 0.4) is 0 Å². The molecule has 4 nitrogen and oxygen atoms in total. The number of aromatic nitrogens is 2. The van der Waals surface area contributed by atoms with E-state index in [0.717, 1.165) is 17.3 Å². The van der Waals surface area contributed by atoms with Gasteiger partial charge in [-0.15, -0.1) is 0 Å². The molecule has 0 radical (unpaired) electrons. The van der Waals surface area contributed by atoms with Gasteiger partial charge in [0.25, 0.3) is 0 Å². The maximum Gasteiger partial charge on any atom is 0.221 e. The first kappa shape index (κ1) is 11.2. The number of hydrogen-bond acceptors (Lipinski definition) is 4. The Balaban J connectivity index is 2.09. The van der Waals surface area contributed by atoms with Crippen molar-refractivity contribution in [3.8, 4) is 5.88 Å². The third kappa shape index (κ3) is 2.26. The summed E-state index contributed by atoms with van der Waals surface area (Å²) < 4.78 is 5.18. The summed E-state index contributed by atoms with van der Waals surface area (Å²) in [5.74, 6) is 2.39. The van der Waals surface area contributed by atoms with Gasteiger partial charge >= 0.3 is 0 Å². The molecule has 0 spiro atoms. The molecule has 2 unspecified atom stereocenters. The van der Waals surface area contributed by atoms with Crippen molar-refractivity contribution < 1.29 is 4.74 Å². The maximum absolute atomic E-state index is 5.18. The molecule has 0 saturated heterocycles. The number of methoxy groups -OCH3 is 1. The first-order chi connectivity index (χ1) is 7.70. The van der Waals surface area contributed by atoms with E-state index in [9.17, 15) is 0 Å². The Morgan fingerprint density at radius 1 is 1.38 bits per heavy atom. The van der Waals surface area contributed by atoms with Gasteiger partial charge < -0.3 is 10.1 Å². The van der Waals surface area contributed by atoms with Crippen molar-refractivity contribution >= 4 is 5.82 Å². The van der Waals surface area contributed by atoms with Gasteiger partial charge in [0.2, 0.25) is 5.88 Å². The first-order valence-electron chi connectivity index (χ1n) is 5.83. The van der Waals surface area contributed by atoms with Gasteiger partial charge in [-0.25, -0.2) is 9.97 Å². The molecule has 1 fully saturated rings. The number of rotatable bonds is 3. The molecule has 16 heavy (non-hydrogen) atoms. The molecule has 0 aliphatic heterocycles. The molecule has 2 rings (SSSR count). The molecule has 1 heterocycles. The second-order valence-electron chi connectivity index (χ2n) is 4.62. The molecule has 1 aliphatic carbocycles. The largest absolute Gasteiger partial charge is 0.481 e. The van der Waals surface area contributed by atoms with Crippen molar-refractivity contribution in [2.45, 2.75) is 39.2 Å². The van der Waals surface area contributed by atoms with Crippen molar-refractivity contribution in [3.05, 3.63) is 11.9 Å². The van der Waals surface area contributed by atoms with E-state index in [-0.39, 0.29) is 0 Å². The van der Waals surface area contributed by atoms with Gasteiger partial charge in [0.05, 0.1) is 12.7 Å². The standard InChI is InChI=1S/C12H19N3O/c1-8-4-5-10(6-8)15-11-9(2)12(16-3)14-7-13-11/h7-8,10H,4-6H2,1-3H3,(H,13,14,15). The van der Waals surface area contributed by atoms with E-state index in [0.29, 0.717) is 11.9 Å². The molecule has 0 bridgehead atoms. The maximum atomic E-state index is 5.18. The highest BCUT2D eigenvalue weighted by Crippen LogP contribution is 2.29. The van der Waals surface area contributed by atoms with Crippen LogP contribution in [0.25, 0.3) is 0 Å². The highest BCUT2D eigenvalue weighted by Gasteiger charge is 2.22. The fourth-order valence-electron chi connectivity index (χ4n) is 2.32. The summed E-state index contributed by atoms with van der Waals surface area (Å²) in [5, 5.41) is 3.48. The molecule has 1 N–H and O–H groups in total. The fourth-order valence-corrected chi connectivity index (χ4v) is 2.32. The van der Waals surface area contributed by atoms with E-state index in [1.54, 1.807) is 13.4 Å². The van der Waals surface area contributed by atoms with Gasteiger partial charge in [0.1, 0.15) is 12.1 Å². The lowest BCUT2D eigenvalue weighted by atomic mass is 10.1. The molecule has 4 heteroatoms. The first-order valence-corrected chi connectivity index (χ1v) is 5.83. The Morgan fingerprint density at radius 3 is 2.81 bits per heavy atom. The Bertz CT molecular complexity index is 367. The van der Waals surface area contributed by atoms with Crippen molar-refractivity contribution in [3.63, 3.8) is 0 Å². The zero-order chi connectivity index (χ0) is 11.5. The molecule has 0 aromatic carbocycles. The van der Waals surface area contributed by atoms with E-state index < -0.39 is 0 Å². The molecule has 1 aliphatic rings. The van der Waals surface area contributed by atoms with Gasteiger partial charge in [0, 0.05) is 6.04 Å². The monoisotopic (exact) mass is 221 g/mol. The molecule has 2 atom stereocenters. The van der Waals surface area contributed by atoms with Crippen LogP contribution in [0.1, 0.15) is 31.7 Å². The Hall–Kier alpha value is -1.32. The van der Waals surface area contributed by atoms with Crippen molar-refractivity contribution in [2.75, 3.05) is 12.4 Å². The number of anilines is 1. The molecule has 0 amide bonds. The lowest BCUT2D eigenvalue weighted by Gasteiger charge is -2.15. The van der Waals surface area contributed by atoms with Crippen LogP contribution in [-0.2, 0) is 0 Å². The Morgan fingerprint density at radius 2 is 2.19 bits per heavy atom. The molecular formula is C12H19N3O. The van der Waals surface area contributed by atoms with E-state index in [2.05, 4.69) is 22.2 Å². The minimum atomic E-state index is 0.549. The van der Waals surface area contributed by atoms with Crippen molar-refractivity contribution in [2.24, 2.45) is 5.92 Å². The van der Waals surface area contributed by atoms with Gasteiger partial charge in [0.15, 0.2) is 0 Å². The number of nitrogens with one attached hydrogen (secondary N) is 1. The van der Waals surface area contributed by atoms with Crippen LogP contribution in [0, 0.1) is 12.8 Å². The van der Waals surface area contributed by atoms with Crippen LogP contribution in [0.2, 0.25) is 0 Å². The van der Waals surface area contributed by atoms with E-state index in [4.69, 9.17) is 4.74 Å². The predicted octanol–water partition coefficient (Wildman–Crippen LogP) is 2.39. The molecule has 1 aromatic heterocycles. The second-order valence-corrected chi connectivity index (χ2v) is 4.62. The topological polar surface area (TPSA) is 47.0 Å². The lowest BCUT2D eigenvalue weighted by molar-refractivity contribution is 0.393. The van der Waals surface area contributed by atoms with Crippen LogP contribution >= 0.6 is 0 Å². The quantitative estimate of drug-likeness (QED) is 0.851. The summed E-state index contributed by atoms with van der Waals surface area (Å²) >= 11 is 0. The molecular weight excluding hydrogens is 202 g/mol. The van der Waals surface area contributed by atoms with Crippen LogP contribution < -0.4 is 10.1 Å². The highest BCUT2D eigenvalue weighted by atomic mass is 16.5. The van der Waals surface area contributed by atoms with Crippen molar-refractivity contribution in [1.29, 1.82) is 0 Å². The minimum Gasteiger partial charge on any atom is -0.481 e. The summed E-state index contributed by atoms with van der Waals surface area (Å²) in [6.45, 7) is 4.29. The van der Waals surface area contributed by atoms with Crippen LogP contribution in [0.15, 0.2) is 6.33 Å². The summed E-state index contributed by atoms with van der Waals surface area (Å²) in [5.41, 5.74) is 0.990. The number of nitrogens with zero attached hydrogens (tertiary/aromatic N) is 2. The van der Waals surface area contributed by atoms with Gasteiger partial charge in [-0.2, -0.15) is 0 Å². The minimum absolute atomic E-state index is 0.549. The van der Waals surface area contributed by atoms with Gasteiger partial charge in [-0.1, -0.05) is 6.92 Å². The lowest BCUT2D eigenvalue weighted by Crippen LogP contribution is -2.17. The Labute approximate surface area is 96.4 Å². The normalized spacial score (nSPS) is 24.4. The molecule has 1 saturated carbocycles. The van der Waals surface area contributed by atoms with Gasteiger partial charge in [-0.3, -0.25) is 0 Å². The highest BCUT2D eigenvalue weighted by molar-refractivity contribution is 5.48. The predicted molar refractivity (Wildman–Crippen MR) is 63.7 cm³/mol. The summed E-state index contributed by atoms with van der Waals surface area (Å²) in [4.78, 5) is 8.35. The molecule has 1 aromatic rings. The van der Waals surface area contributed by atoms with Crippen molar-refractivity contribution in [1.82, 2.24) is 9.97 Å². The fraction of sp³-hybridized carbons (Fsp3) is 0.667. The Kier molecular flexibility index (Phi) is 3.27. The smallest absolute Gasteiger partial charge is 0.221 e. The average molecular weight is 221 g/mol. The van der Waals surface area contributed by atoms with Crippen LogP contribution in [0.5, 0.6) is 5.88 Å². The van der Waals surface area contributed by atoms with Gasteiger partial charge in [-0.05, 0) is 32.1 Å². The number of hydrogen-bond donors (Lipinski definition) is 1. The third-order valence-electron chi connectivity index (χ3n) is 3.27. The number of ether oxygens (including phenoxy) is 1. The van der Waals surface area contributed by atoms with Crippen LogP contribution in [-0.4, -0.2) is 23.1 Å². The summed E-state index contributed by atoms with van der Waals surface area (Å²) in [6, 6.07) is 0.549. The third-order valence-corrected chi connectivity index (χ3v) is 3.27. The summed E-state index contributed by atoms with van der Waals surface area (Å²) in [7, 11) is 1.64. The van der Waals surface area contributed by atoms with E-state index in [1.165, 1.54) is 19.3 Å². The second kappa shape index (κ2) is 4.68. The molecule has 88 valence electrons. The van der Waals surface area contributed by atoms with Crippen LogP contribution in [0.4, 0.5) is 5.82 Å². The zero-order valence-electron chi connectivity index (χ0n) is 10.2. The average Bonchev–Trinajstić information content (AvgIpc) is 2.67. The summed E-state index contributed by atoms with van der Waals surface area (Å²) in [6.07, 6.45) is 5.31. The van der Waals surface area contributed by atoms with E-state index in [1.807, 2.05) is 6.92 Å².